The Labute approximate surface area is 102 Å². The molecule has 2 amide bonds. The summed E-state index contributed by atoms with van der Waals surface area (Å²) in [6.07, 6.45) is -2.72. The molecule has 0 saturated carbocycles. The van der Waals surface area contributed by atoms with Crippen molar-refractivity contribution in [2.45, 2.75) is 6.43 Å². The Balaban J connectivity index is 2.37. The van der Waals surface area contributed by atoms with E-state index in [9.17, 15) is 18.4 Å². The molecule has 1 aromatic carbocycles. The number of amides is 2. The minimum absolute atomic E-state index is 0.130. The lowest BCUT2D eigenvalue weighted by Gasteiger charge is -2.29. The number of nitrogen functional groups attached to an aromatic ring is 1. The Morgan fingerprint density at radius 3 is 2.39 bits per heavy atom. The number of carbonyl (C=O) groups is 2. The SMILES string of the molecule is Nc1ccc(N2CC(=O)NC(=O)C2)c(C(F)F)c1. The molecule has 0 aliphatic carbocycles. The quantitative estimate of drug-likeness (QED) is 0.601. The van der Waals surface area contributed by atoms with Crippen LogP contribution in [0.3, 0.4) is 0 Å². The molecule has 2 rings (SSSR count). The second kappa shape index (κ2) is 4.59. The monoisotopic (exact) mass is 255 g/mol. The summed E-state index contributed by atoms with van der Waals surface area (Å²) in [5, 5.41) is 2.11. The molecule has 0 spiro atoms. The van der Waals surface area contributed by atoms with Crippen LogP contribution in [-0.4, -0.2) is 24.9 Å². The van der Waals surface area contributed by atoms with E-state index < -0.39 is 18.2 Å². The average molecular weight is 255 g/mol. The van der Waals surface area contributed by atoms with Gasteiger partial charge in [0.15, 0.2) is 0 Å². The molecule has 0 atom stereocenters. The van der Waals surface area contributed by atoms with Gasteiger partial charge in [-0.1, -0.05) is 0 Å². The number of benzene rings is 1. The number of anilines is 2. The highest BCUT2D eigenvalue weighted by Gasteiger charge is 2.26. The van der Waals surface area contributed by atoms with Crippen LogP contribution in [0.1, 0.15) is 12.0 Å². The molecule has 0 radical (unpaired) electrons. The van der Waals surface area contributed by atoms with Gasteiger partial charge in [0, 0.05) is 16.9 Å². The van der Waals surface area contributed by atoms with Crippen LogP contribution in [0.5, 0.6) is 0 Å². The first-order chi connectivity index (χ1) is 8.47. The summed E-state index contributed by atoms with van der Waals surface area (Å²) in [6.45, 7) is -0.259. The zero-order valence-electron chi connectivity index (χ0n) is 9.32. The zero-order valence-corrected chi connectivity index (χ0v) is 9.32. The summed E-state index contributed by atoms with van der Waals surface area (Å²) in [6, 6.07) is 4.00. The summed E-state index contributed by atoms with van der Waals surface area (Å²) < 4.78 is 25.8. The first-order valence-electron chi connectivity index (χ1n) is 5.22. The highest BCUT2D eigenvalue weighted by atomic mass is 19.3. The van der Waals surface area contributed by atoms with Crippen molar-refractivity contribution in [3.8, 4) is 0 Å². The van der Waals surface area contributed by atoms with Crippen LogP contribution in [-0.2, 0) is 9.59 Å². The van der Waals surface area contributed by atoms with Crippen molar-refractivity contribution < 1.29 is 18.4 Å². The Hall–Kier alpha value is -2.18. The second-order valence-corrected chi connectivity index (χ2v) is 3.95. The Morgan fingerprint density at radius 1 is 1.22 bits per heavy atom. The van der Waals surface area contributed by atoms with Crippen molar-refractivity contribution in [3.63, 3.8) is 0 Å². The van der Waals surface area contributed by atoms with Gasteiger partial charge in [-0.3, -0.25) is 14.9 Å². The Kier molecular flexibility index (Phi) is 3.14. The molecule has 0 unspecified atom stereocenters. The molecular formula is C11H11F2N3O2. The van der Waals surface area contributed by atoms with Crippen LogP contribution in [0.2, 0.25) is 0 Å². The molecule has 1 aliphatic rings. The number of alkyl halides is 2. The number of hydrogen-bond acceptors (Lipinski definition) is 4. The highest BCUT2D eigenvalue weighted by molar-refractivity contribution is 6.02. The molecule has 0 bridgehead atoms. The molecular weight excluding hydrogens is 244 g/mol. The third-order valence-electron chi connectivity index (χ3n) is 2.58. The predicted molar refractivity (Wildman–Crippen MR) is 61.2 cm³/mol. The number of nitrogens with two attached hydrogens (primary N) is 1. The fraction of sp³-hybridized carbons (Fsp3) is 0.273. The van der Waals surface area contributed by atoms with Crippen molar-refractivity contribution >= 4 is 23.2 Å². The first kappa shape index (κ1) is 12.3. The maximum atomic E-state index is 12.9. The van der Waals surface area contributed by atoms with E-state index in [1.54, 1.807) is 0 Å². The van der Waals surface area contributed by atoms with Crippen LogP contribution in [0.4, 0.5) is 20.2 Å². The summed E-state index contributed by atoms with van der Waals surface area (Å²) in [7, 11) is 0. The second-order valence-electron chi connectivity index (χ2n) is 3.95. The molecule has 3 N–H and O–H groups in total. The zero-order chi connectivity index (χ0) is 13.3. The van der Waals surface area contributed by atoms with E-state index in [-0.39, 0.29) is 30.0 Å². The van der Waals surface area contributed by atoms with Gasteiger partial charge in [-0.2, -0.15) is 0 Å². The van der Waals surface area contributed by atoms with E-state index in [1.807, 2.05) is 0 Å². The largest absolute Gasteiger partial charge is 0.399 e. The molecule has 96 valence electrons. The molecule has 1 heterocycles. The highest BCUT2D eigenvalue weighted by Crippen LogP contribution is 2.31. The number of hydrogen-bond donors (Lipinski definition) is 2. The van der Waals surface area contributed by atoms with Gasteiger partial charge in [0.25, 0.3) is 6.43 Å². The molecule has 1 saturated heterocycles. The summed E-state index contributed by atoms with van der Waals surface area (Å²) >= 11 is 0. The van der Waals surface area contributed by atoms with Crippen LogP contribution in [0, 0.1) is 0 Å². The fourth-order valence-corrected chi connectivity index (χ4v) is 1.84. The standard InChI is InChI=1S/C11H11F2N3O2/c12-11(13)7-3-6(14)1-2-8(7)16-4-9(17)15-10(18)5-16/h1-3,11H,4-5,14H2,(H,15,17,18). The van der Waals surface area contributed by atoms with Gasteiger partial charge < -0.3 is 10.6 Å². The smallest absolute Gasteiger partial charge is 0.265 e. The minimum atomic E-state index is -2.72. The van der Waals surface area contributed by atoms with E-state index in [1.165, 1.54) is 17.0 Å². The predicted octanol–water partition coefficient (Wildman–Crippen LogP) is 0.669. The number of nitrogens with one attached hydrogen (secondary N) is 1. The number of piperazine rings is 1. The number of halogens is 2. The Morgan fingerprint density at radius 2 is 1.83 bits per heavy atom. The van der Waals surface area contributed by atoms with Crippen molar-refractivity contribution in [2.75, 3.05) is 23.7 Å². The van der Waals surface area contributed by atoms with Gasteiger partial charge in [-0.05, 0) is 18.2 Å². The van der Waals surface area contributed by atoms with Gasteiger partial charge in [0.05, 0.1) is 13.1 Å². The molecule has 1 fully saturated rings. The number of nitrogens with zero attached hydrogens (tertiary/aromatic N) is 1. The van der Waals surface area contributed by atoms with E-state index >= 15 is 0 Å². The van der Waals surface area contributed by atoms with Gasteiger partial charge in [0.2, 0.25) is 11.8 Å². The normalized spacial score (nSPS) is 16.1. The van der Waals surface area contributed by atoms with Crippen molar-refractivity contribution in [1.29, 1.82) is 0 Å². The number of imide groups is 1. The van der Waals surface area contributed by atoms with Crippen LogP contribution >= 0.6 is 0 Å². The van der Waals surface area contributed by atoms with Crippen LogP contribution < -0.4 is 16.0 Å². The lowest BCUT2D eigenvalue weighted by molar-refractivity contribution is -0.130. The van der Waals surface area contributed by atoms with Gasteiger partial charge in [0.1, 0.15) is 0 Å². The molecule has 1 aliphatic heterocycles. The minimum Gasteiger partial charge on any atom is -0.399 e. The molecule has 18 heavy (non-hydrogen) atoms. The number of rotatable bonds is 2. The maximum absolute atomic E-state index is 12.9. The third kappa shape index (κ3) is 2.39. The van der Waals surface area contributed by atoms with Crippen LogP contribution in [0.25, 0.3) is 0 Å². The summed E-state index contributed by atoms with van der Waals surface area (Å²) in [5.41, 5.74) is 5.54. The molecule has 1 aromatic rings. The van der Waals surface area contributed by atoms with Gasteiger partial charge in [-0.25, -0.2) is 8.78 Å². The lowest BCUT2D eigenvalue weighted by atomic mass is 10.1. The van der Waals surface area contributed by atoms with Gasteiger partial charge in [-0.15, -0.1) is 0 Å². The van der Waals surface area contributed by atoms with Crippen molar-refractivity contribution in [1.82, 2.24) is 5.32 Å². The summed E-state index contributed by atoms with van der Waals surface area (Å²) in [4.78, 5) is 23.7. The van der Waals surface area contributed by atoms with Crippen LogP contribution in [0.15, 0.2) is 18.2 Å². The van der Waals surface area contributed by atoms with E-state index in [2.05, 4.69) is 5.32 Å². The molecule has 7 heteroatoms. The summed E-state index contributed by atoms with van der Waals surface area (Å²) in [5.74, 6) is -1.02. The van der Waals surface area contributed by atoms with E-state index in [4.69, 9.17) is 5.73 Å². The number of carbonyl (C=O) groups excluding carboxylic acids is 2. The first-order valence-corrected chi connectivity index (χ1v) is 5.22. The van der Waals surface area contributed by atoms with E-state index in [0.29, 0.717) is 0 Å². The van der Waals surface area contributed by atoms with Crippen molar-refractivity contribution in [2.24, 2.45) is 0 Å². The third-order valence-corrected chi connectivity index (χ3v) is 2.58. The van der Waals surface area contributed by atoms with Crippen molar-refractivity contribution in [3.05, 3.63) is 23.8 Å². The molecule has 5 nitrogen and oxygen atoms in total. The lowest BCUT2D eigenvalue weighted by Crippen LogP contribution is -2.51. The maximum Gasteiger partial charge on any atom is 0.265 e. The average Bonchev–Trinajstić information content (AvgIpc) is 2.27. The molecule has 0 aromatic heterocycles. The topological polar surface area (TPSA) is 75.4 Å². The Bertz CT molecular complexity index is 489. The van der Waals surface area contributed by atoms with Gasteiger partial charge >= 0.3 is 0 Å². The van der Waals surface area contributed by atoms with E-state index in [0.717, 1.165) is 6.07 Å². The fourth-order valence-electron chi connectivity index (χ4n) is 1.84.